The van der Waals surface area contributed by atoms with E-state index < -0.39 is 15.8 Å². The van der Waals surface area contributed by atoms with E-state index in [4.69, 9.17) is 0 Å². The van der Waals surface area contributed by atoms with Crippen LogP contribution in [0.2, 0.25) is 0 Å². The molecule has 7 heteroatoms. The molecule has 1 aliphatic heterocycles. The molecule has 0 aromatic heterocycles. The van der Waals surface area contributed by atoms with Gasteiger partial charge in [0.05, 0.1) is 5.69 Å². The fourth-order valence-electron chi connectivity index (χ4n) is 2.05. The number of hydrazine groups is 1. The molecule has 0 bridgehead atoms. The Morgan fingerprint density at radius 3 is 2.78 bits per heavy atom. The van der Waals surface area contributed by atoms with Crippen LogP contribution >= 0.6 is 0 Å². The number of hydrogen-bond acceptors (Lipinski definition) is 4. The molecular formula is C11H12FN3O2S. The maximum atomic E-state index is 13.2. The molecule has 0 atom stereocenters. The zero-order valence-electron chi connectivity index (χ0n) is 9.72. The second-order valence-corrected chi connectivity index (χ2v) is 5.94. The van der Waals surface area contributed by atoms with E-state index in [9.17, 15) is 12.8 Å². The molecule has 0 spiro atoms. The van der Waals surface area contributed by atoms with Crippen LogP contribution in [0.3, 0.4) is 0 Å². The van der Waals surface area contributed by atoms with Crippen LogP contribution in [-0.4, -0.2) is 21.3 Å². The topological polar surface area (TPSA) is 61.8 Å². The van der Waals surface area contributed by atoms with Crippen molar-refractivity contribution >= 4 is 21.5 Å². The van der Waals surface area contributed by atoms with Crippen LogP contribution in [0.4, 0.5) is 10.1 Å². The molecule has 1 N–H and O–H groups in total. The van der Waals surface area contributed by atoms with E-state index in [1.165, 1.54) is 12.1 Å². The summed E-state index contributed by atoms with van der Waals surface area (Å²) in [5.41, 5.74) is 3.33. The number of amidine groups is 1. The monoisotopic (exact) mass is 269 g/mol. The SMILES string of the molecule is CNN1C(C2CC2)=NS(=O)(=O)c2cc(F)ccc21. The van der Waals surface area contributed by atoms with Crippen molar-refractivity contribution in [3.63, 3.8) is 0 Å². The van der Waals surface area contributed by atoms with Gasteiger partial charge in [0.1, 0.15) is 16.5 Å². The number of hydrogen-bond donors (Lipinski definition) is 1. The second kappa shape index (κ2) is 3.76. The Balaban J connectivity index is 2.22. The second-order valence-electron chi connectivity index (χ2n) is 4.37. The lowest BCUT2D eigenvalue weighted by Gasteiger charge is -2.29. The van der Waals surface area contributed by atoms with E-state index in [0.717, 1.165) is 18.9 Å². The first kappa shape index (κ1) is 11.6. The summed E-state index contributed by atoms with van der Waals surface area (Å²) in [7, 11) is -2.11. The Kier molecular flexibility index (Phi) is 2.43. The van der Waals surface area contributed by atoms with Crippen LogP contribution in [0.1, 0.15) is 12.8 Å². The molecule has 1 aliphatic carbocycles. The lowest BCUT2D eigenvalue weighted by molar-refractivity contribution is 0.589. The van der Waals surface area contributed by atoms with Gasteiger partial charge in [-0.1, -0.05) is 0 Å². The van der Waals surface area contributed by atoms with Crippen molar-refractivity contribution in [1.29, 1.82) is 0 Å². The third-order valence-electron chi connectivity index (χ3n) is 3.05. The molecule has 2 aliphatic rings. The molecule has 0 radical (unpaired) electrons. The molecule has 1 aromatic carbocycles. The number of nitrogens with zero attached hydrogens (tertiary/aromatic N) is 2. The van der Waals surface area contributed by atoms with Crippen LogP contribution in [0, 0.1) is 11.7 Å². The fraction of sp³-hybridized carbons (Fsp3) is 0.364. The van der Waals surface area contributed by atoms with E-state index >= 15 is 0 Å². The highest BCUT2D eigenvalue weighted by atomic mass is 32.2. The van der Waals surface area contributed by atoms with Crippen molar-refractivity contribution in [3.05, 3.63) is 24.0 Å². The van der Waals surface area contributed by atoms with Crippen LogP contribution in [0.15, 0.2) is 27.5 Å². The maximum absolute atomic E-state index is 13.2. The van der Waals surface area contributed by atoms with Gasteiger partial charge in [0, 0.05) is 13.0 Å². The van der Waals surface area contributed by atoms with E-state index in [1.807, 2.05) is 0 Å². The molecule has 1 fully saturated rings. The third kappa shape index (κ3) is 1.70. The summed E-state index contributed by atoms with van der Waals surface area (Å²) in [5, 5.41) is 1.62. The Bertz CT molecular complexity index is 638. The van der Waals surface area contributed by atoms with Crippen molar-refractivity contribution < 1.29 is 12.8 Å². The molecule has 0 unspecified atom stereocenters. The Hall–Kier alpha value is -1.47. The predicted molar refractivity (Wildman–Crippen MR) is 65.3 cm³/mol. The summed E-state index contributed by atoms with van der Waals surface area (Å²) in [4.78, 5) is -0.0961. The van der Waals surface area contributed by atoms with Gasteiger partial charge in [-0.2, -0.15) is 8.42 Å². The third-order valence-corrected chi connectivity index (χ3v) is 4.36. The number of rotatable bonds is 2. The molecule has 1 saturated carbocycles. The number of nitrogens with one attached hydrogen (secondary N) is 1. The first-order chi connectivity index (χ1) is 8.53. The highest BCUT2D eigenvalue weighted by Gasteiger charge is 2.39. The summed E-state index contributed by atoms with van der Waals surface area (Å²) in [5.74, 6) is 0.0838. The van der Waals surface area contributed by atoms with Gasteiger partial charge in [-0.05, 0) is 31.0 Å². The number of benzene rings is 1. The van der Waals surface area contributed by atoms with Gasteiger partial charge < -0.3 is 0 Å². The number of halogens is 1. The van der Waals surface area contributed by atoms with Crippen molar-refractivity contribution in [2.75, 3.05) is 12.1 Å². The van der Waals surface area contributed by atoms with E-state index in [2.05, 4.69) is 9.82 Å². The van der Waals surface area contributed by atoms with Gasteiger partial charge in [-0.15, -0.1) is 4.40 Å². The van der Waals surface area contributed by atoms with Crippen molar-refractivity contribution in [3.8, 4) is 0 Å². The van der Waals surface area contributed by atoms with Gasteiger partial charge >= 0.3 is 0 Å². The fourth-order valence-corrected chi connectivity index (χ4v) is 3.31. The van der Waals surface area contributed by atoms with E-state index in [-0.39, 0.29) is 10.8 Å². The average Bonchev–Trinajstić information content (AvgIpc) is 3.13. The molecule has 96 valence electrons. The minimum atomic E-state index is -3.80. The van der Waals surface area contributed by atoms with Crippen molar-refractivity contribution in [1.82, 2.24) is 5.43 Å². The zero-order chi connectivity index (χ0) is 12.9. The minimum absolute atomic E-state index is 0.0961. The van der Waals surface area contributed by atoms with Crippen LogP contribution in [-0.2, 0) is 10.0 Å². The Labute approximate surface area is 104 Å². The molecule has 0 amide bonds. The molecule has 0 saturated heterocycles. The lowest BCUT2D eigenvalue weighted by Crippen LogP contribution is -2.45. The van der Waals surface area contributed by atoms with Crippen molar-refractivity contribution in [2.24, 2.45) is 10.3 Å². The van der Waals surface area contributed by atoms with Crippen LogP contribution in [0.25, 0.3) is 0 Å². The molecule has 3 rings (SSSR count). The summed E-state index contributed by atoms with van der Waals surface area (Å²) in [6.07, 6.45) is 1.87. The van der Waals surface area contributed by atoms with Gasteiger partial charge in [0.25, 0.3) is 10.0 Å². The highest BCUT2D eigenvalue weighted by molar-refractivity contribution is 7.90. The number of sulfonamides is 1. The van der Waals surface area contributed by atoms with Crippen LogP contribution in [0.5, 0.6) is 0 Å². The summed E-state index contributed by atoms with van der Waals surface area (Å²) in [6, 6.07) is 3.70. The van der Waals surface area contributed by atoms with Gasteiger partial charge in [-0.25, -0.2) is 9.82 Å². The predicted octanol–water partition coefficient (Wildman–Crippen LogP) is 1.28. The molecule has 1 heterocycles. The average molecular weight is 269 g/mol. The minimum Gasteiger partial charge on any atom is -0.261 e. The largest absolute Gasteiger partial charge is 0.286 e. The summed E-state index contributed by atoms with van der Waals surface area (Å²) in [6.45, 7) is 0. The summed E-state index contributed by atoms with van der Waals surface area (Å²) >= 11 is 0. The quantitative estimate of drug-likeness (QED) is 0.878. The van der Waals surface area contributed by atoms with Crippen LogP contribution < -0.4 is 10.4 Å². The van der Waals surface area contributed by atoms with Gasteiger partial charge in [-0.3, -0.25) is 5.01 Å². The Morgan fingerprint density at radius 2 is 2.17 bits per heavy atom. The Morgan fingerprint density at radius 1 is 1.44 bits per heavy atom. The standard InChI is InChI=1S/C11H12FN3O2S/c1-13-15-9-5-4-8(12)6-10(9)18(16,17)14-11(15)7-2-3-7/h4-7,13H,2-3H2,1H3. The van der Waals surface area contributed by atoms with E-state index in [0.29, 0.717) is 11.5 Å². The molecule has 18 heavy (non-hydrogen) atoms. The summed E-state index contributed by atoms with van der Waals surface area (Å²) < 4.78 is 41.0. The number of anilines is 1. The maximum Gasteiger partial charge on any atom is 0.286 e. The first-order valence-electron chi connectivity index (χ1n) is 5.65. The van der Waals surface area contributed by atoms with Gasteiger partial charge in [0.15, 0.2) is 0 Å². The van der Waals surface area contributed by atoms with E-state index in [1.54, 1.807) is 12.1 Å². The first-order valence-corrected chi connectivity index (χ1v) is 7.09. The molecule has 5 nitrogen and oxygen atoms in total. The smallest absolute Gasteiger partial charge is 0.261 e. The van der Waals surface area contributed by atoms with Crippen molar-refractivity contribution in [2.45, 2.75) is 17.7 Å². The zero-order valence-corrected chi connectivity index (χ0v) is 10.5. The van der Waals surface area contributed by atoms with Gasteiger partial charge in [0.2, 0.25) is 0 Å². The molecule has 1 aromatic rings. The lowest BCUT2D eigenvalue weighted by atomic mass is 10.2. The molecular weight excluding hydrogens is 257 g/mol. The highest BCUT2D eigenvalue weighted by Crippen LogP contribution is 2.39. The number of fused-ring (bicyclic) bond motifs is 1. The normalized spacial score (nSPS) is 21.4.